The molecule has 1 radical (unpaired) electrons. The van der Waals surface area contributed by atoms with Gasteiger partial charge < -0.3 is 20.1 Å². The smallest absolute Gasteiger partial charge is 0.171 e. The second-order valence-corrected chi connectivity index (χ2v) is 6.26. The van der Waals surface area contributed by atoms with E-state index in [0.29, 0.717) is 27.3 Å². The summed E-state index contributed by atoms with van der Waals surface area (Å²) >= 11 is 11.7. The fourth-order valence-electron chi connectivity index (χ4n) is 2.70. The number of methoxy groups -OCH3 is 2. The zero-order chi connectivity index (χ0) is 17.8. The van der Waals surface area contributed by atoms with Gasteiger partial charge in [0.2, 0.25) is 0 Å². The number of ether oxygens (including phenoxy) is 2. The lowest BCUT2D eigenvalue weighted by atomic mass is 9.93. The minimum atomic E-state index is 0.000847. The Balaban J connectivity index is 1.76. The number of hydrogen-bond donors (Lipinski definition) is 2. The van der Waals surface area contributed by atoms with E-state index in [4.69, 9.17) is 33.3 Å². The van der Waals surface area contributed by atoms with Crippen LogP contribution in [-0.4, -0.2) is 19.3 Å². The highest BCUT2D eigenvalue weighted by molar-refractivity contribution is 7.80. The van der Waals surface area contributed by atoms with E-state index in [2.05, 4.69) is 35.3 Å². The summed E-state index contributed by atoms with van der Waals surface area (Å²) in [7, 11) is 3.14. The van der Waals surface area contributed by atoms with Crippen LogP contribution in [-0.2, 0) is 0 Å². The van der Waals surface area contributed by atoms with Gasteiger partial charge >= 0.3 is 0 Å². The van der Waals surface area contributed by atoms with Crippen LogP contribution < -0.4 is 20.1 Å². The normalized spacial score (nSPS) is 15.2. The molecule has 1 aliphatic rings. The third-order valence-corrected chi connectivity index (χ3v) is 4.43. The Labute approximate surface area is 157 Å². The van der Waals surface area contributed by atoms with Crippen molar-refractivity contribution in [3.8, 4) is 11.5 Å². The first-order chi connectivity index (χ1) is 12.1. The van der Waals surface area contributed by atoms with Crippen LogP contribution in [0.4, 0.5) is 5.69 Å². The highest BCUT2D eigenvalue weighted by Crippen LogP contribution is 2.36. The van der Waals surface area contributed by atoms with Crippen molar-refractivity contribution in [3.05, 3.63) is 71.1 Å². The third kappa shape index (κ3) is 3.89. The van der Waals surface area contributed by atoms with E-state index >= 15 is 0 Å². The van der Waals surface area contributed by atoms with Crippen LogP contribution in [0.2, 0.25) is 5.02 Å². The maximum Gasteiger partial charge on any atom is 0.171 e. The van der Waals surface area contributed by atoms with E-state index in [-0.39, 0.29) is 6.04 Å². The first kappa shape index (κ1) is 17.6. The summed E-state index contributed by atoms with van der Waals surface area (Å²) in [4.78, 5) is 0. The van der Waals surface area contributed by atoms with Crippen molar-refractivity contribution in [1.29, 1.82) is 0 Å². The summed E-state index contributed by atoms with van der Waals surface area (Å²) < 4.78 is 10.6. The quantitative estimate of drug-likeness (QED) is 0.772. The van der Waals surface area contributed by atoms with E-state index in [0.717, 1.165) is 0 Å². The van der Waals surface area contributed by atoms with Gasteiger partial charge in [0.15, 0.2) is 5.11 Å². The topological polar surface area (TPSA) is 42.5 Å². The first-order valence-electron chi connectivity index (χ1n) is 7.72. The average molecular weight is 374 g/mol. The molecule has 1 unspecified atom stereocenters. The van der Waals surface area contributed by atoms with E-state index < -0.39 is 0 Å². The number of anilines is 1. The molecule has 1 atom stereocenters. The summed E-state index contributed by atoms with van der Waals surface area (Å²) in [5.74, 6) is 1.14. The van der Waals surface area contributed by atoms with Crippen LogP contribution in [0.15, 0.2) is 48.6 Å². The minimum Gasteiger partial charge on any atom is -0.495 e. The standard InChI is InChI=1S/C19H18ClN2O2S/c1-23-17-11-18(24-2)16(10-14(17)20)22-19(25)21-15-9-5-7-12-6-3-4-8-13(12)15/h3-11,15H,1-2H3,(H2,21,22,25). The molecule has 0 heterocycles. The summed E-state index contributed by atoms with van der Waals surface area (Å²) in [6, 6.07) is 11.6. The fraction of sp³-hybridized carbons (Fsp3) is 0.158. The Hall–Kier alpha value is -2.24. The van der Waals surface area contributed by atoms with Crippen molar-refractivity contribution in [2.24, 2.45) is 0 Å². The van der Waals surface area contributed by atoms with Crippen molar-refractivity contribution in [3.63, 3.8) is 0 Å². The van der Waals surface area contributed by atoms with Crippen LogP contribution in [0.1, 0.15) is 17.2 Å². The first-order valence-corrected chi connectivity index (χ1v) is 8.50. The lowest BCUT2D eigenvalue weighted by molar-refractivity contribution is 0.396. The predicted molar refractivity (Wildman–Crippen MR) is 106 cm³/mol. The molecule has 2 aromatic rings. The molecule has 0 saturated heterocycles. The molecule has 4 nitrogen and oxygen atoms in total. The Morgan fingerprint density at radius 2 is 1.88 bits per heavy atom. The lowest BCUT2D eigenvalue weighted by Crippen LogP contribution is -2.32. The van der Waals surface area contributed by atoms with E-state index in [1.54, 1.807) is 26.4 Å². The maximum absolute atomic E-state index is 6.20. The zero-order valence-corrected chi connectivity index (χ0v) is 15.4. The molecule has 0 aromatic heterocycles. The average Bonchev–Trinajstić information content (AvgIpc) is 2.62. The molecule has 0 amide bonds. The zero-order valence-electron chi connectivity index (χ0n) is 13.9. The van der Waals surface area contributed by atoms with Gasteiger partial charge in [0.1, 0.15) is 11.5 Å². The Morgan fingerprint density at radius 1 is 1.12 bits per heavy atom. The van der Waals surface area contributed by atoms with Crippen molar-refractivity contribution in [1.82, 2.24) is 5.32 Å². The monoisotopic (exact) mass is 373 g/mol. The van der Waals surface area contributed by atoms with Crippen molar-refractivity contribution < 1.29 is 9.47 Å². The van der Waals surface area contributed by atoms with Gasteiger partial charge in [-0.3, -0.25) is 0 Å². The number of benzene rings is 2. The number of halogens is 1. The van der Waals surface area contributed by atoms with E-state index in [1.807, 2.05) is 18.2 Å². The van der Waals surface area contributed by atoms with E-state index in [9.17, 15) is 0 Å². The molecule has 6 heteroatoms. The van der Waals surface area contributed by atoms with Crippen LogP contribution in [0.3, 0.4) is 0 Å². The van der Waals surface area contributed by atoms with Gasteiger partial charge in [-0.15, -0.1) is 0 Å². The third-order valence-electron chi connectivity index (χ3n) is 3.92. The van der Waals surface area contributed by atoms with Crippen LogP contribution in [0, 0.1) is 6.42 Å². The largest absolute Gasteiger partial charge is 0.495 e. The number of allylic oxidation sites excluding steroid dienone is 1. The second-order valence-electron chi connectivity index (χ2n) is 5.44. The number of nitrogens with one attached hydrogen (secondary N) is 2. The van der Waals surface area contributed by atoms with Gasteiger partial charge in [0, 0.05) is 12.5 Å². The van der Waals surface area contributed by atoms with Gasteiger partial charge in [0.25, 0.3) is 0 Å². The molecular weight excluding hydrogens is 356 g/mol. The molecule has 25 heavy (non-hydrogen) atoms. The van der Waals surface area contributed by atoms with Crippen LogP contribution in [0.5, 0.6) is 11.5 Å². The van der Waals surface area contributed by atoms with Gasteiger partial charge in [-0.2, -0.15) is 0 Å². The van der Waals surface area contributed by atoms with Crippen LogP contribution >= 0.6 is 23.8 Å². The molecule has 1 aliphatic carbocycles. The van der Waals surface area contributed by atoms with Crippen molar-refractivity contribution in [2.75, 3.05) is 19.5 Å². The second kappa shape index (κ2) is 7.76. The minimum absolute atomic E-state index is 0.000847. The highest BCUT2D eigenvalue weighted by atomic mass is 35.5. The molecule has 0 fully saturated rings. The molecule has 129 valence electrons. The number of fused-ring (bicyclic) bond motifs is 1. The highest BCUT2D eigenvalue weighted by Gasteiger charge is 2.17. The summed E-state index contributed by atoms with van der Waals surface area (Å²) in [5, 5.41) is 7.41. The SMILES string of the molecule is COc1cc(OC)c(NC(=S)NC2C=C[CH]c3ccccc32)cc1Cl. The summed E-state index contributed by atoms with van der Waals surface area (Å²) in [6.07, 6.45) is 6.16. The maximum atomic E-state index is 6.20. The molecule has 2 aromatic carbocycles. The molecule has 0 spiro atoms. The van der Waals surface area contributed by atoms with Crippen LogP contribution in [0.25, 0.3) is 0 Å². The van der Waals surface area contributed by atoms with Gasteiger partial charge in [-0.25, -0.2) is 0 Å². The van der Waals surface area contributed by atoms with Gasteiger partial charge in [-0.05, 0) is 29.4 Å². The Bertz CT molecular complexity index is 823. The Kier molecular flexibility index (Phi) is 5.46. The summed E-state index contributed by atoms with van der Waals surface area (Å²) in [5.41, 5.74) is 3.02. The Morgan fingerprint density at radius 3 is 2.64 bits per heavy atom. The molecule has 0 bridgehead atoms. The predicted octanol–water partition coefficient (Wildman–Crippen LogP) is 4.51. The molecule has 2 N–H and O–H groups in total. The molecule has 0 saturated carbocycles. The summed E-state index contributed by atoms with van der Waals surface area (Å²) in [6.45, 7) is 0. The van der Waals surface area contributed by atoms with E-state index in [1.165, 1.54) is 11.1 Å². The molecule has 3 rings (SSSR count). The van der Waals surface area contributed by atoms with Gasteiger partial charge in [-0.1, -0.05) is 48.0 Å². The van der Waals surface area contributed by atoms with Crippen molar-refractivity contribution in [2.45, 2.75) is 6.04 Å². The number of rotatable bonds is 4. The van der Waals surface area contributed by atoms with Crippen molar-refractivity contribution >= 4 is 34.6 Å². The number of hydrogen-bond acceptors (Lipinski definition) is 3. The lowest BCUT2D eigenvalue weighted by Gasteiger charge is -2.24. The fourth-order valence-corrected chi connectivity index (χ4v) is 3.18. The molecular formula is C19H18ClN2O2S. The number of thiocarbonyl (C=S) groups is 1. The molecule has 0 aliphatic heterocycles. The van der Waals surface area contributed by atoms with Gasteiger partial charge in [0.05, 0.1) is 31.0 Å².